The van der Waals surface area contributed by atoms with Gasteiger partial charge in [0.05, 0.1) is 52.3 Å². The molecule has 0 atom stereocenters. The zero-order valence-electron chi connectivity index (χ0n) is 40.6. The van der Waals surface area contributed by atoms with E-state index >= 15 is 0 Å². The number of hydrogen-bond donors (Lipinski definition) is 2. The molecule has 2 N–H and O–H groups in total. The van der Waals surface area contributed by atoms with Crippen LogP contribution in [-0.2, 0) is 9.47 Å². The summed E-state index contributed by atoms with van der Waals surface area (Å²) in [6.45, 7) is 15.6. The van der Waals surface area contributed by atoms with E-state index in [0.717, 1.165) is 47.7 Å². The Morgan fingerprint density at radius 2 is 1.04 bits per heavy atom. The first kappa shape index (κ1) is 55.6. The number of benzene rings is 2. The van der Waals surface area contributed by atoms with Crippen molar-refractivity contribution >= 4 is 53.0 Å². The summed E-state index contributed by atoms with van der Waals surface area (Å²) in [6.07, 6.45) is 25.0. The molecule has 0 aliphatic carbocycles. The van der Waals surface area contributed by atoms with Crippen LogP contribution in [0.25, 0.3) is 28.4 Å². The van der Waals surface area contributed by atoms with Crippen molar-refractivity contribution in [2.24, 2.45) is 0 Å². The van der Waals surface area contributed by atoms with Gasteiger partial charge >= 0.3 is 11.9 Å². The molecule has 0 aliphatic heterocycles. The summed E-state index contributed by atoms with van der Waals surface area (Å²) < 4.78 is 12.7. The molecule has 69 heavy (non-hydrogen) atoms. The number of pyridine rings is 2. The van der Waals surface area contributed by atoms with Crippen molar-refractivity contribution in [1.82, 2.24) is 9.13 Å². The third-order valence-electron chi connectivity index (χ3n) is 12.3. The van der Waals surface area contributed by atoms with Gasteiger partial charge in [0.15, 0.2) is 0 Å². The highest BCUT2D eigenvalue weighted by Crippen LogP contribution is 2.36. The highest BCUT2D eigenvalue weighted by Gasteiger charge is 2.24. The van der Waals surface area contributed by atoms with Gasteiger partial charge in [-0.15, -0.1) is 5.73 Å². The molecule has 0 saturated heterocycles. The van der Waals surface area contributed by atoms with Crippen LogP contribution in [0.15, 0.2) is 51.7 Å². The van der Waals surface area contributed by atoms with Gasteiger partial charge < -0.3 is 19.7 Å². The lowest BCUT2D eigenvalue weighted by molar-refractivity contribution is 0.0488. The molecule has 4 aromatic rings. The third-order valence-corrected chi connectivity index (χ3v) is 12.9. The van der Waals surface area contributed by atoms with Gasteiger partial charge in [-0.3, -0.25) is 14.2 Å². The zero-order valence-corrected chi connectivity index (χ0v) is 42.1. The molecule has 2 aromatic carbocycles. The molecule has 0 amide bonds. The molecule has 4 rings (SSSR count). The maximum absolute atomic E-state index is 14.2. The largest absolute Gasteiger partial charge is 0.502 e. The normalized spacial score (nSPS) is 10.8. The van der Waals surface area contributed by atoms with Crippen LogP contribution in [0, 0.1) is 31.8 Å². The first-order valence-electron chi connectivity index (χ1n) is 24.4. The lowest BCUT2D eigenvalue weighted by Gasteiger charge is -2.16. The van der Waals surface area contributed by atoms with Crippen LogP contribution >= 0.6 is 23.2 Å². The van der Waals surface area contributed by atoms with E-state index in [-0.39, 0.29) is 79.3 Å². The average molecular weight is 982 g/mol. The number of halogens is 2. The van der Waals surface area contributed by atoms with Crippen LogP contribution in [0.2, 0.25) is 10.0 Å². The van der Waals surface area contributed by atoms with E-state index in [1.54, 1.807) is 0 Å². The topological polar surface area (TPSA) is 165 Å². The highest BCUT2D eigenvalue weighted by molar-refractivity contribution is 6.33. The van der Waals surface area contributed by atoms with Gasteiger partial charge in [-0.1, -0.05) is 153 Å². The number of aromatic hydroxyl groups is 2. The van der Waals surface area contributed by atoms with E-state index in [4.69, 9.17) is 39.2 Å². The van der Waals surface area contributed by atoms with Crippen LogP contribution in [0.3, 0.4) is 0 Å². The van der Waals surface area contributed by atoms with Crippen molar-refractivity contribution in [1.29, 1.82) is 5.26 Å². The van der Waals surface area contributed by atoms with Crippen molar-refractivity contribution in [3.63, 3.8) is 0 Å². The number of carbonyl (C=O) groups is 2. The van der Waals surface area contributed by atoms with Crippen LogP contribution in [0.1, 0.15) is 191 Å². The Bertz CT molecular complexity index is 2680. The van der Waals surface area contributed by atoms with Crippen LogP contribution in [-0.4, -0.2) is 44.5 Å². The molecule has 12 nitrogen and oxygen atoms in total. The Morgan fingerprint density at radius 1 is 0.638 bits per heavy atom. The summed E-state index contributed by atoms with van der Waals surface area (Å²) in [5.74, 6) is -2.63. The molecule has 2 aromatic heterocycles. The summed E-state index contributed by atoms with van der Waals surface area (Å²) in [5.41, 5.74) is 0.560. The summed E-state index contributed by atoms with van der Waals surface area (Å²) in [6, 6.07) is 10.2. The molecular weight excluding hydrogens is 916 g/mol. The van der Waals surface area contributed by atoms with Gasteiger partial charge in [0.2, 0.25) is 17.4 Å². The number of aromatic nitrogens is 2. The lowest BCUT2D eigenvalue weighted by Crippen LogP contribution is -2.24. The first-order chi connectivity index (χ1) is 33.3. The number of hydrogen-bond acceptors (Lipinski definition) is 9. The summed E-state index contributed by atoms with van der Waals surface area (Å²) in [5, 5.41) is 33.0. The fourth-order valence-corrected chi connectivity index (χ4v) is 8.53. The molecule has 2 heterocycles. The van der Waals surface area contributed by atoms with E-state index in [0.29, 0.717) is 12.8 Å². The second-order valence-electron chi connectivity index (χ2n) is 17.4. The number of nitriles is 1. The fourth-order valence-electron chi connectivity index (χ4n) is 8.13. The molecule has 0 spiro atoms. The van der Waals surface area contributed by atoms with E-state index in [1.165, 1.54) is 139 Å². The molecule has 0 saturated carbocycles. The Labute approximate surface area is 416 Å². The number of carbonyl (C=O) groups excluding carboxylic acids is 2. The standard InChI is InChI=1S/C55H66Cl2N4O8/c1-6-8-10-12-14-16-18-20-22-24-33-68-54(66)40-29-31-45(56)47(35-40)60-50(62)42(38(3)44(37-58)52(60)64)27-26-28-43-39(4)49(59-5)53(65)61(51(43)63)48-36-41(30-32-46(48)57)55(67)69-34-25-23-21-19-17-15-13-11-9-7-2/h27-32,35-36,62,65H,6-25,33-34H2,1-4H3. The zero-order chi connectivity index (χ0) is 50.3. The van der Waals surface area contributed by atoms with Crippen molar-refractivity contribution in [3.8, 4) is 29.2 Å². The van der Waals surface area contributed by atoms with Crippen LogP contribution in [0.5, 0.6) is 11.8 Å². The van der Waals surface area contributed by atoms with Gasteiger partial charge in [0, 0.05) is 11.1 Å². The van der Waals surface area contributed by atoms with Crippen molar-refractivity contribution in [2.45, 2.75) is 156 Å². The Hall–Kier alpha value is -6.04. The molecule has 14 heteroatoms. The average Bonchev–Trinajstić information content (AvgIpc) is 3.33. The predicted octanol–water partition coefficient (Wildman–Crippen LogP) is 14.2. The minimum Gasteiger partial charge on any atom is -0.502 e. The lowest BCUT2D eigenvalue weighted by atomic mass is 10.0. The molecule has 0 aliphatic rings. The number of esters is 2. The monoisotopic (exact) mass is 980 g/mol. The van der Waals surface area contributed by atoms with Crippen molar-refractivity contribution < 1.29 is 29.3 Å². The SMILES string of the molecule is [C-]#[N+]c1c(C)c(C=C=Cc2c(C)c(C#N)c(=O)n(-c3cc(C(=O)OCCCCCCCCCCCC)ccc3Cl)c2O)c(=O)n(-c2cc(C(=O)OCCCCCCCCCCCC)ccc2Cl)c1O. The molecule has 0 radical (unpaired) electrons. The third kappa shape index (κ3) is 15.5. The van der Waals surface area contributed by atoms with Crippen molar-refractivity contribution in [3.05, 3.63) is 123 Å². The maximum Gasteiger partial charge on any atom is 0.338 e. The number of ether oxygens (including phenoxy) is 2. The second-order valence-corrected chi connectivity index (χ2v) is 18.2. The second kappa shape index (κ2) is 29.1. The predicted molar refractivity (Wildman–Crippen MR) is 275 cm³/mol. The van der Waals surface area contributed by atoms with E-state index in [1.807, 2.05) is 6.07 Å². The van der Waals surface area contributed by atoms with Gasteiger partial charge in [0.1, 0.15) is 11.6 Å². The molecule has 0 unspecified atom stereocenters. The molecule has 368 valence electrons. The Morgan fingerprint density at radius 3 is 1.46 bits per heavy atom. The summed E-state index contributed by atoms with van der Waals surface area (Å²) in [7, 11) is 0. The van der Waals surface area contributed by atoms with Gasteiger partial charge in [-0.2, -0.15) is 5.26 Å². The van der Waals surface area contributed by atoms with Crippen LogP contribution < -0.4 is 11.1 Å². The minimum atomic E-state index is -0.896. The van der Waals surface area contributed by atoms with E-state index < -0.39 is 34.8 Å². The van der Waals surface area contributed by atoms with Gasteiger partial charge in [-0.05, 0) is 86.4 Å². The highest BCUT2D eigenvalue weighted by atomic mass is 35.5. The van der Waals surface area contributed by atoms with Gasteiger partial charge in [-0.25, -0.2) is 19.0 Å². The van der Waals surface area contributed by atoms with E-state index in [9.17, 15) is 34.7 Å². The van der Waals surface area contributed by atoms with Crippen molar-refractivity contribution in [2.75, 3.05) is 13.2 Å². The quantitative estimate of drug-likeness (QED) is 0.0244. The van der Waals surface area contributed by atoms with Crippen LogP contribution in [0.4, 0.5) is 5.69 Å². The van der Waals surface area contributed by atoms with E-state index in [2.05, 4.69) is 24.4 Å². The maximum atomic E-state index is 14.2. The summed E-state index contributed by atoms with van der Waals surface area (Å²) >= 11 is 13.1. The number of rotatable bonds is 28. The first-order valence-corrected chi connectivity index (χ1v) is 25.2. The number of nitrogens with zero attached hydrogens (tertiary/aromatic N) is 4. The summed E-state index contributed by atoms with van der Waals surface area (Å²) in [4.78, 5) is 57.7. The molecule has 0 bridgehead atoms. The Kier molecular flexibility index (Phi) is 23.4. The molecule has 0 fully saturated rings. The minimum absolute atomic E-state index is 0.000753. The van der Waals surface area contributed by atoms with Gasteiger partial charge in [0.25, 0.3) is 11.1 Å². The smallest absolute Gasteiger partial charge is 0.338 e. The molecular formula is C55H66Cl2N4O8. The number of unbranched alkanes of at least 4 members (excludes halogenated alkanes) is 18. The Balaban J connectivity index is 1.57. The fraction of sp³-hybridized carbons (Fsp3) is 0.473.